The van der Waals surface area contributed by atoms with Crippen molar-refractivity contribution in [2.75, 3.05) is 7.05 Å². The molecule has 0 saturated carbocycles. The van der Waals surface area contributed by atoms with Crippen molar-refractivity contribution in [3.05, 3.63) is 35.4 Å². The molecule has 1 unspecified atom stereocenters. The van der Waals surface area contributed by atoms with Crippen LogP contribution in [-0.4, -0.2) is 29.1 Å². The average molecular weight is 232 g/mol. The molecule has 0 radical (unpaired) electrons. The third-order valence-electron chi connectivity index (χ3n) is 2.75. The summed E-state index contributed by atoms with van der Waals surface area (Å²) in [6.07, 6.45) is 0.467. The Labute approximate surface area is 101 Å². The fourth-order valence-electron chi connectivity index (χ4n) is 1.53. The second kappa shape index (κ2) is 6.02. The van der Waals surface area contributed by atoms with Crippen LogP contribution in [-0.2, 0) is 6.54 Å². The van der Waals surface area contributed by atoms with Crippen LogP contribution in [0.2, 0.25) is 0 Å². The molecule has 4 nitrogen and oxygen atoms in total. The first-order valence-electron chi connectivity index (χ1n) is 5.44. The van der Waals surface area contributed by atoms with Gasteiger partial charge in [0.25, 0.3) is 0 Å². The minimum Gasteiger partial charge on any atom is -0.478 e. The fourth-order valence-corrected chi connectivity index (χ4v) is 1.53. The summed E-state index contributed by atoms with van der Waals surface area (Å²) < 4.78 is 0. The molecule has 0 bridgehead atoms. The molecule has 0 aromatic heterocycles. The number of aromatic carboxylic acids is 1. The molecule has 0 aliphatic heterocycles. The van der Waals surface area contributed by atoms with Crippen LogP contribution in [0, 0.1) is 11.3 Å². The van der Waals surface area contributed by atoms with Crippen LogP contribution in [0.15, 0.2) is 24.3 Å². The highest BCUT2D eigenvalue weighted by molar-refractivity contribution is 5.87. The Balaban J connectivity index is 2.72. The van der Waals surface area contributed by atoms with Crippen molar-refractivity contribution in [3.63, 3.8) is 0 Å². The van der Waals surface area contributed by atoms with Crippen LogP contribution in [0.5, 0.6) is 0 Å². The van der Waals surface area contributed by atoms with E-state index >= 15 is 0 Å². The molecular weight excluding hydrogens is 216 g/mol. The molecule has 1 aromatic rings. The van der Waals surface area contributed by atoms with Crippen molar-refractivity contribution in [3.8, 4) is 6.07 Å². The summed E-state index contributed by atoms with van der Waals surface area (Å²) in [5, 5.41) is 17.5. The number of hydrogen-bond donors (Lipinski definition) is 1. The Morgan fingerprint density at radius 1 is 1.59 bits per heavy atom. The number of hydrogen-bond acceptors (Lipinski definition) is 3. The predicted octanol–water partition coefficient (Wildman–Crippen LogP) is 2.12. The molecule has 0 aliphatic rings. The van der Waals surface area contributed by atoms with Gasteiger partial charge in [0.1, 0.15) is 0 Å². The van der Waals surface area contributed by atoms with Gasteiger partial charge in [0.05, 0.1) is 18.1 Å². The van der Waals surface area contributed by atoms with Crippen molar-refractivity contribution in [1.29, 1.82) is 5.26 Å². The Morgan fingerprint density at radius 3 is 2.88 bits per heavy atom. The monoisotopic (exact) mass is 232 g/mol. The van der Waals surface area contributed by atoms with Gasteiger partial charge in [0.2, 0.25) is 0 Å². The number of carboxylic acids is 1. The summed E-state index contributed by atoms with van der Waals surface area (Å²) in [6, 6.07) is 9.16. The topological polar surface area (TPSA) is 64.3 Å². The quantitative estimate of drug-likeness (QED) is 0.844. The van der Waals surface area contributed by atoms with Gasteiger partial charge in [-0.25, -0.2) is 4.79 Å². The highest BCUT2D eigenvalue weighted by Crippen LogP contribution is 2.10. The van der Waals surface area contributed by atoms with Gasteiger partial charge < -0.3 is 5.11 Å². The van der Waals surface area contributed by atoms with Gasteiger partial charge in [0, 0.05) is 12.6 Å². The van der Waals surface area contributed by atoms with Crippen molar-refractivity contribution in [2.24, 2.45) is 0 Å². The molecule has 0 spiro atoms. The van der Waals surface area contributed by atoms with Crippen LogP contribution >= 0.6 is 0 Å². The standard InChI is InChI=1S/C13H16N2O2/c1-10(6-7-14)15(2)9-11-4-3-5-12(8-11)13(16)17/h3-5,8,10H,6,9H2,1-2H3,(H,16,17). The molecule has 1 N–H and O–H groups in total. The van der Waals surface area contributed by atoms with E-state index in [0.717, 1.165) is 5.56 Å². The van der Waals surface area contributed by atoms with Crippen molar-refractivity contribution < 1.29 is 9.90 Å². The summed E-state index contributed by atoms with van der Waals surface area (Å²) in [7, 11) is 1.93. The van der Waals surface area contributed by atoms with Gasteiger partial charge in [-0.05, 0) is 31.7 Å². The highest BCUT2D eigenvalue weighted by Gasteiger charge is 2.10. The molecule has 17 heavy (non-hydrogen) atoms. The number of carbonyl (C=O) groups is 1. The second-order valence-corrected chi connectivity index (χ2v) is 4.13. The Bertz CT molecular complexity index is 437. The van der Waals surface area contributed by atoms with E-state index in [1.165, 1.54) is 0 Å². The van der Waals surface area contributed by atoms with Crippen molar-refractivity contribution >= 4 is 5.97 Å². The fraction of sp³-hybridized carbons (Fsp3) is 0.385. The smallest absolute Gasteiger partial charge is 0.335 e. The van der Waals surface area contributed by atoms with Crippen LogP contribution in [0.1, 0.15) is 29.3 Å². The molecule has 90 valence electrons. The van der Waals surface area contributed by atoms with E-state index in [0.29, 0.717) is 18.5 Å². The van der Waals surface area contributed by atoms with Crippen LogP contribution in [0.3, 0.4) is 0 Å². The van der Waals surface area contributed by atoms with Gasteiger partial charge in [-0.1, -0.05) is 12.1 Å². The molecule has 0 saturated heterocycles. The molecule has 0 amide bonds. The largest absolute Gasteiger partial charge is 0.478 e. The molecular formula is C13H16N2O2. The number of carboxylic acid groups (broad SMARTS) is 1. The lowest BCUT2D eigenvalue weighted by Gasteiger charge is -2.22. The number of nitrogens with zero attached hydrogens (tertiary/aromatic N) is 2. The summed E-state index contributed by atoms with van der Waals surface area (Å²) in [6.45, 7) is 2.62. The number of rotatable bonds is 5. The van der Waals surface area contributed by atoms with E-state index in [-0.39, 0.29) is 6.04 Å². The SMILES string of the molecule is CC(CC#N)N(C)Cc1cccc(C(=O)O)c1. The van der Waals surface area contributed by atoms with Gasteiger partial charge in [-0.15, -0.1) is 0 Å². The molecule has 1 atom stereocenters. The molecule has 1 rings (SSSR count). The summed E-state index contributed by atoms with van der Waals surface area (Å²) in [5.74, 6) is -0.917. The zero-order chi connectivity index (χ0) is 12.8. The third-order valence-corrected chi connectivity index (χ3v) is 2.75. The van der Waals surface area contributed by atoms with Gasteiger partial charge in [0.15, 0.2) is 0 Å². The minimum absolute atomic E-state index is 0.161. The third kappa shape index (κ3) is 3.89. The van der Waals surface area contributed by atoms with E-state index in [9.17, 15) is 4.79 Å². The predicted molar refractivity (Wildman–Crippen MR) is 64.6 cm³/mol. The lowest BCUT2D eigenvalue weighted by atomic mass is 10.1. The molecule has 4 heteroatoms. The Morgan fingerprint density at radius 2 is 2.29 bits per heavy atom. The summed E-state index contributed by atoms with van der Waals surface area (Å²) in [5.41, 5.74) is 1.24. The maximum atomic E-state index is 10.8. The van der Waals surface area contributed by atoms with E-state index in [2.05, 4.69) is 6.07 Å². The van der Waals surface area contributed by atoms with Gasteiger partial charge >= 0.3 is 5.97 Å². The first-order chi connectivity index (χ1) is 8.04. The van der Waals surface area contributed by atoms with Gasteiger partial charge in [-0.3, -0.25) is 4.90 Å². The summed E-state index contributed by atoms with van der Waals surface area (Å²) in [4.78, 5) is 12.9. The lowest BCUT2D eigenvalue weighted by Crippen LogP contribution is -2.28. The minimum atomic E-state index is -0.917. The normalized spacial score (nSPS) is 12.1. The summed E-state index contributed by atoms with van der Waals surface area (Å²) >= 11 is 0. The van der Waals surface area contributed by atoms with Crippen LogP contribution < -0.4 is 0 Å². The van der Waals surface area contributed by atoms with Crippen LogP contribution in [0.4, 0.5) is 0 Å². The molecule has 0 heterocycles. The Kier molecular flexibility index (Phi) is 4.68. The highest BCUT2D eigenvalue weighted by atomic mass is 16.4. The first-order valence-corrected chi connectivity index (χ1v) is 5.44. The molecule has 0 aliphatic carbocycles. The van der Waals surface area contributed by atoms with E-state index in [1.807, 2.05) is 24.9 Å². The van der Waals surface area contributed by atoms with Crippen LogP contribution in [0.25, 0.3) is 0 Å². The average Bonchev–Trinajstić information content (AvgIpc) is 2.29. The van der Waals surface area contributed by atoms with E-state index in [1.54, 1.807) is 18.2 Å². The maximum absolute atomic E-state index is 10.8. The van der Waals surface area contributed by atoms with E-state index < -0.39 is 5.97 Å². The van der Waals surface area contributed by atoms with Crippen molar-refractivity contribution in [1.82, 2.24) is 4.90 Å². The first kappa shape index (κ1) is 13.2. The van der Waals surface area contributed by atoms with Crippen molar-refractivity contribution in [2.45, 2.75) is 25.9 Å². The lowest BCUT2D eigenvalue weighted by molar-refractivity contribution is 0.0696. The zero-order valence-electron chi connectivity index (χ0n) is 10.1. The van der Waals surface area contributed by atoms with Gasteiger partial charge in [-0.2, -0.15) is 5.26 Å². The maximum Gasteiger partial charge on any atom is 0.335 e. The zero-order valence-corrected chi connectivity index (χ0v) is 10.1. The second-order valence-electron chi connectivity index (χ2n) is 4.13. The number of nitriles is 1. The Hall–Kier alpha value is -1.86. The molecule has 1 aromatic carbocycles. The van der Waals surface area contributed by atoms with E-state index in [4.69, 9.17) is 10.4 Å². The molecule has 0 fully saturated rings. The number of benzene rings is 1.